The molecule has 0 aromatic heterocycles. The number of carbonyl (C=O) groups excluding carboxylic acids is 1. The molecular formula is C23H25N3O3S. The molecule has 1 heterocycles. The number of hydrogen-bond acceptors (Lipinski definition) is 4. The standard InChI is InChI=1S/C23H25N3O3S/c27-23(25-22-19-8-3-6-15(19)13-16-7-4-9-20(16)22)26-30(28,29)12-11-18-14-17-5-1-2-10-21(17)24-18/h1-2,5,10-13,18,24H,3-4,6-9,14H2,(H2,25,26,27)/b12-11+. The molecule has 0 saturated carbocycles. The lowest BCUT2D eigenvalue weighted by Crippen LogP contribution is -2.34. The summed E-state index contributed by atoms with van der Waals surface area (Å²) >= 11 is 0. The number of benzene rings is 2. The van der Waals surface area contributed by atoms with Gasteiger partial charge in [-0.1, -0.05) is 24.3 Å². The fourth-order valence-electron chi connectivity index (χ4n) is 4.91. The molecule has 5 rings (SSSR count). The zero-order valence-electron chi connectivity index (χ0n) is 16.7. The highest BCUT2D eigenvalue weighted by molar-refractivity contribution is 7.92. The number of rotatable bonds is 4. The Morgan fingerprint density at radius 3 is 2.40 bits per heavy atom. The molecule has 2 aromatic rings. The molecule has 156 valence electrons. The van der Waals surface area contributed by atoms with Crippen molar-refractivity contribution in [2.24, 2.45) is 0 Å². The van der Waals surface area contributed by atoms with E-state index in [4.69, 9.17) is 0 Å². The van der Waals surface area contributed by atoms with Crippen molar-refractivity contribution in [1.82, 2.24) is 4.72 Å². The molecule has 2 aliphatic carbocycles. The lowest BCUT2D eigenvalue weighted by atomic mass is 9.99. The number of carbonyl (C=O) groups is 1. The average Bonchev–Trinajstić information content (AvgIpc) is 3.44. The summed E-state index contributed by atoms with van der Waals surface area (Å²) in [6.45, 7) is 0. The number of aryl methyl sites for hydroxylation is 2. The molecular weight excluding hydrogens is 398 g/mol. The number of sulfonamides is 1. The predicted octanol–water partition coefficient (Wildman–Crippen LogP) is 3.67. The molecule has 1 atom stereocenters. The molecule has 0 bridgehead atoms. The van der Waals surface area contributed by atoms with Crippen molar-refractivity contribution < 1.29 is 13.2 Å². The maximum Gasteiger partial charge on any atom is 0.333 e. The van der Waals surface area contributed by atoms with E-state index in [1.807, 2.05) is 24.3 Å². The number of fused-ring (bicyclic) bond motifs is 3. The summed E-state index contributed by atoms with van der Waals surface area (Å²) < 4.78 is 27.0. The number of nitrogens with one attached hydrogen (secondary N) is 3. The minimum atomic E-state index is -3.89. The molecule has 2 amide bonds. The molecule has 0 saturated heterocycles. The van der Waals surface area contributed by atoms with Gasteiger partial charge in [-0.2, -0.15) is 0 Å². The monoisotopic (exact) mass is 423 g/mol. The Labute approximate surface area is 176 Å². The van der Waals surface area contributed by atoms with Gasteiger partial charge in [-0.3, -0.25) is 0 Å². The van der Waals surface area contributed by atoms with E-state index in [1.165, 1.54) is 22.3 Å². The molecule has 6 nitrogen and oxygen atoms in total. The van der Waals surface area contributed by atoms with Crippen molar-refractivity contribution in [2.45, 2.75) is 51.0 Å². The zero-order valence-corrected chi connectivity index (χ0v) is 17.5. The normalized spacial score (nSPS) is 19.3. The Bertz CT molecular complexity index is 1100. The van der Waals surface area contributed by atoms with Crippen LogP contribution in [0.4, 0.5) is 16.2 Å². The number of para-hydroxylation sites is 1. The minimum absolute atomic E-state index is 0.109. The molecule has 0 fully saturated rings. The predicted molar refractivity (Wildman–Crippen MR) is 118 cm³/mol. The summed E-state index contributed by atoms with van der Waals surface area (Å²) in [4.78, 5) is 12.6. The first-order valence-electron chi connectivity index (χ1n) is 10.5. The van der Waals surface area contributed by atoms with Crippen LogP contribution >= 0.6 is 0 Å². The van der Waals surface area contributed by atoms with E-state index in [0.29, 0.717) is 0 Å². The first-order valence-corrected chi connectivity index (χ1v) is 12.1. The summed E-state index contributed by atoms with van der Waals surface area (Å²) in [6.07, 6.45) is 8.37. The second kappa shape index (κ2) is 7.47. The largest absolute Gasteiger partial charge is 0.378 e. The Balaban J connectivity index is 1.27. The number of anilines is 2. The zero-order chi connectivity index (χ0) is 20.7. The summed E-state index contributed by atoms with van der Waals surface area (Å²) in [5.74, 6) is 0. The highest BCUT2D eigenvalue weighted by atomic mass is 32.2. The van der Waals surface area contributed by atoms with Crippen LogP contribution in [-0.2, 0) is 42.1 Å². The van der Waals surface area contributed by atoms with Gasteiger partial charge in [0.25, 0.3) is 10.0 Å². The van der Waals surface area contributed by atoms with E-state index in [2.05, 4.69) is 21.4 Å². The molecule has 0 spiro atoms. The van der Waals surface area contributed by atoms with Gasteiger partial charge in [0.1, 0.15) is 0 Å². The topological polar surface area (TPSA) is 87.3 Å². The number of urea groups is 1. The van der Waals surface area contributed by atoms with Crippen LogP contribution in [0.15, 0.2) is 41.8 Å². The average molecular weight is 424 g/mol. The molecule has 30 heavy (non-hydrogen) atoms. The third kappa shape index (κ3) is 3.69. The summed E-state index contributed by atoms with van der Waals surface area (Å²) in [5.41, 5.74) is 7.94. The van der Waals surface area contributed by atoms with Gasteiger partial charge in [0, 0.05) is 22.8 Å². The van der Waals surface area contributed by atoms with Crippen LogP contribution in [0.5, 0.6) is 0 Å². The SMILES string of the molecule is O=C(Nc1c2c(cc3c1CCC3)CCC2)NS(=O)(=O)/C=C/C1Cc2ccccc2N1. The first-order chi connectivity index (χ1) is 14.5. The number of hydrogen-bond donors (Lipinski definition) is 3. The summed E-state index contributed by atoms with van der Waals surface area (Å²) in [7, 11) is -3.89. The molecule has 7 heteroatoms. The highest BCUT2D eigenvalue weighted by Crippen LogP contribution is 2.38. The second-order valence-corrected chi connectivity index (χ2v) is 9.84. The summed E-state index contributed by atoms with van der Waals surface area (Å²) in [5, 5.41) is 7.22. The van der Waals surface area contributed by atoms with E-state index in [1.54, 1.807) is 6.08 Å². The van der Waals surface area contributed by atoms with E-state index in [-0.39, 0.29) is 6.04 Å². The molecule has 1 unspecified atom stereocenters. The molecule has 1 aliphatic heterocycles. The Hall–Kier alpha value is -2.80. The first kappa shape index (κ1) is 19.2. The van der Waals surface area contributed by atoms with Crippen LogP contribution < -0.4 is 15.4 Å². The fourth-order valence-corrected chi connectivity index (χ4v) is 5.68. The van der Waals surface area contributed by atoms with Crippen LogP contribution in [0.25, 0.3) is 0 Å². The van der Waals surface area contributed by atoms with Crippen LogP contribution in [-0.4, -0.2) is 20.5 Å². The number of amides is 2. The van der Waals surface area contributed by atoms with E-state index in [9.17, 15) is 13.2 Å². The quantitative estimate of drug-likeness (QED) is 0.700. The van der Waals surface area contributed by atoms with Gasteiger partial charge in [0.15, 0.2) is 0 Å². The second-order valence-electron chi connectivity index (χ2n) is 8.28. The smallest absolute Gasteiger partial charge is 0.333 e. The van der Waals surface area contributed by atoms with Gasteiger partial charge in [0.2, 0.25) is 0 Å². The maximum atomic E-state index is 12.6. The van der Waals surface area contributed by atoms with Gasteiger partial charge in [-0.05, 0) is 84.9 Å². The van der Waals surface area contributed by atoms with E-state index >= 15 is 0 Å². The minimum Gasteiger partial charge on any atom is -0.378 e. The van der Waals surface area contributed by atoms with Gasteiger partial charge in [-0.25, -0.2) is 17.9 Å². The molecule has 3 N–H and O–H groups in total. The third-order valence-corrected chi connectivity index (χ3v) is 7.22. The van der Waals surface area contributed by atoms with Gasteiger partial charge >= 0.3 is 6.03 Å². The lowest BCUT2D eigenvalue weighted by Gasteiger charge is -2.16. The van der Waals surface area contributed by atoms with Crippen molar-refractivity contribution in [3.8, 4) is 0 Å². The van der Waals surface area contributed by atoms with Crippen LogP contribution in [0.3, 0.4) is 0 Å². The van der Waals surface area contributed by atoms with Crippen molar-refractivity contribution in [3.05, 3.63) is 69.6 Å². The van der Waals surface area contributed by atoms with Crippen molar-refractivity contribution in [2.75, 3.05) is 10.6 Å². The molecule has 3 aliphatic rings. The van der Waals surface area contributed by atoms with Crippen LogP contribution in [0, 0.1) is 0 Å². The Kier molecular flexibility index (Phi) is 4.77. The fraction of sp³-hybridized carbons (Fsp3) is 0.348. The van der Waals surface area contributed by atoms with Gasteiger partial charge < -0.3 is 10.6 Å². The molecule has 2 aromatic carbocycles. The third-order valence-electron chi connectivity index (χ3n) is 6.23. The Morgan fingerprint density at radius 1 is 1.00 bits per heavy atom. The maximum absolute atomic E-state index is 12.6. The van der Waals surface area contributed by atoms with Crippen molar-refractivity contribution in [3.63, 3.8) is 0 Å². The van der Waals surface area contributed by atoms with Crippen molar-refractivity contribution in [1.29, 1.82) is 0 Å². The highest BCUT2D eigenvalue weighted by Gasteiger charge is 2.26. The van der Waals surface area contributed by atoms with Crippen molar-refractivity contribution >= 4 is 27.4 Å². The van der Waals surface area contributed by atoms with Crippen LogP contribution in [0.2, 0.25) is 0 Å². The summed E-state index contributed by atoms with van der Waals surface area (Å²) in [6, 6.07) is 9.37. The van der Waals surface area contributed by atoms with Gasteiger partial charge in [0.05, 0.1) is 0 Å². The molecule has 0 radical (unpaired) electrons. The van der Waals surface area contributed by atoms with E-state index < -0.39 is 16.1 Å². The van der Waals surface area contributed by atoms with Gasteiger partial charge in [-0.15, -0.1) is 0 Å². The Morgan fingerprint density at radius 2 is 1.70 bits per heavy atom. The van der Waals surface area contributed by atoms with Crippen LogP contribution in [0.1, 0.15) is 40.7 Å². The lowest BCUT2D eigenvalue weighted by molar-refractivity contribution is 0.256. The van der Waals surface area contributed by atoms with E-state index in [0.717, 1.165) is 67.3 Å².